The third-order valence-electron chi connectivity index (χ3n) is 11.4. The first-order valence-corrected chi connectivity index (χ1v) is 20.5. The molecule has 6 heteroatoms. The molecule has 63 heavy (non-hydrogen) atoms. The first-order valence-electron chi connectivity index (χ1n) is 24.5. The fourth-order valence-electron chi connectivity index (χ4n) is 8.03. The van der Waals surface area contributed by atoms with Gasteiger partial charge in [-0.2, -0.15) is 5.26 Å². The van der Waals surface area contributed by atoms with Gasteiger partial charge in [0.2, 0.25) is 0 Å². The van der Waals surface area contributed by atoms with Crippen LogP contribution in [0.1, 0.15) is 83.2 Å². The maximum absolute atomic E-state index is 9.74. The topological polar surface area (TPSA) is 75.6 Å². The van der Waals surface area contributed by atoms with Crippen LogP contribution in [0.5, 0.6) is 0 Å². The molecule has 0 aliphatic heterocycles. The van der Waals surface area contributed by atoms with Crippen molar-refractivity contribution in [2.24, 2.45) is 0 Å². The smallest absolute Gasteiger partial charge is 0.501 e. The van der Waals surface area contributed by atoms with Gasteiger partial charge in [0.1, 0.15) is 5.58 Å². The van der Waals surface area contributed by atoms with E-state index in [2.05, 4.69) is 50.9 Å². The van der Waals surface area contributed by atoms with E-state index in [1.807, 2.05) is 97.3 Å². The van der Waals surface area contributed by atoms with E-state index < -0.39 is 41.6 Å². The number of pyridine rings is 3. The molecule has 0 spiro atoms. The van der Waals surface area contributed by atoms with Crippen molar-refractivity contribution in [1.82, 2.24) is 15.0 Å². The molecule has 0 atom stereocenters. The van der Waals surface area contributed by atoms with Crippen molar-refractivity contribution in [1.29, 1.82) is 5.26 Å². The summed E-state index contributed by atoms with van der Waals surface area (Å²) in [5.41, 5.74) is 5.85. The number of benzene rings is 5. The molecular weight excluding hydrogens is 949 g/mol. The van der Waals surface area contributed by atoms with Crippen LogP contribution in [0.4, 0.5) is 0 Å². The molecule has 0 aliphatic rings. The number of fused-ring (bicyclic) bond motifs is 3. The van der Waals surface area contributed by atoms with Crippen LogP contribution in [0, 0.1) is 36.4 Å². The van der Waals surface area contributed by atoms with Gasteiger partial charge in [0.05, 0.1) is 18.6 Å². The Balaban J connectivity index is 0.00000676. The number of hydrogen-bond donors (Lipinski definition) is 0. The molecule has 0 unspecified atom stereocenters. The number of rotatable bonds is 12. The minimum atomic E-state index is -2.94. The molecule has 0 saturated heterocycles. The molecular formula is C57H47IrN4O. The molecule has 9 rings (SSSR count). The molecule has 0 N–H and O–H groups in total. The maximum atomic E-state index is 9.74. The fourth-order valence-corrected chi connectivity index (χ4v) is 8.03. The van der Waals surface area contributed by atoms with Crippen LogP contribution in [0.3, 0.4) is 0 Å². The first kappa shape index (κ1) is 34.0. The molecule has 4 heterocycles. The third kappa shape index (κ3) is 9.32. The second kappa shape index (κ2) is 18.1. The van der Waals surface area contributed by atoms with Crippen LogP contribution in [-0.4, -0.2) is 15.0 Å². The SMILES string of the molecule is [2H]c1c(C#N)ccc2c1oc1c(-c3cc(C([2H])([2H])[2H])c(C([2H])([2H])C([2H])([2H])c4cc(CC(C)(C)c5ccc(-c6[c-]cccc6)nc5)cc(CC(C)(C)c5ccc(-c6[c-]cccc6)nc5)c4)cn3)[c-]ccc12.[Ir+3]. The molecule has 0 radical (unpaired) electrons. The molecule has 0 saturated carbocycles. The zero-order valence-corrected chi connectivity index (χ0v) is 37.6. The molecule has 0 bridgehead atoms. The minimum absolute atomic E-state index is 0. The van der Waals surface area contributed by atoms with Crippen molar-refractivity contribution in [2.45, 2.75) is 71.0 Å². The average Bonchev–Trinajstić information content (AvgIpc) is 3.74. The summed E-state index contributed by atoms with van der Waals surface area (Å²) < 4.78 is 79.4. The number of aromatic nitrogens is 3. The van der Waals surface area contributed by atoms with E-state index in [4.69, 9.17) is 19.9 Å². The molecule has 0 aliphatic carbocycles. The van der Waals surface area contributed by atoms with Gasteiger partial charge in [0.15, 0.2) is 0 Å². The van der Waals surface area contributed by atoms with Gasteiger partial charge >= 0.3 is 20.1 Å². The predicted octanol–water partition coefficient (Wildman–Crippen LogP) is 13.2. The van der Waals surface area contributed by atoms with Crippen molar-refractivity contribution >= 4 is 21.9 Å². The van der Waals surface area contributed by atoms with Crippen LogP contribution in [0.2, 0.25) is 0 Å². The van der Waals surface area contributed by atoms with Gasteiger partial charge in [-0.25, -0.2) is 0 Å². The average molecular weight is 1000 g/mol. The second-order valence-electron chi connectivity index (χ2n) is 16.9. The van der Waals surface area contributed by atoms with Crippen LogP contribution >= 0.6 is 0 Å². The Hall–Kier alpha value is -6.51. The Morgan fingerprint density at radius 3 is 1.84 bits per heavy atom. The van der Waals surface area contributed by atoms with Crippen LogP contribution in [0.25, 0.3) is 55.7 Å². The summed E-state index contributed by atoms with van der Waals surface area (Å²) in [5.74, 6) is 0. The van der Waals surface area contributed by atoms with Crippen LogP contribution < -0.4 is 0 Å². The van der Waals surface area contributed by atoms with E-state index in [0.717, 1.165) is 51.0 Å². The third-order valence-corrected chi connectivity index (χ3v) is 11.4. The quantitative estimate of drug-likeness (QED) is 0.114. The summed E-state index contributed by atoms with van der Waals surface area (Å²) in [6.45, 7) is 5.46. The minimum Gasteiger partial charge on any atom is -0.501 e. The molecule has 5 aromatic carbocycles. The fraction of sp³-hybridized carbons (Fsp3) is 0.193. The monoisotopic (exact) mass is 1000 g/mol. The van der Waals surface area contributed by atoms with Gasteiger partial charge < -0.3 is 19.4 Å². The van der Waals surface area contributed by atoms with E-state index in [-0.39, 0.29) is 59.7 Å². The van der Waals surface area contributed by atoms with E-state index in [0.29, 0.717) is 23.6 Å². The standard InChI is InChI=1S/C57H47N4O.Ir/c1-38-27-53(50-18-12-17-49-48-24-20-40(34-58)31-54(48)62-55(49)50)59-35-45(38)21-19-39-28-41(32-56(2,3)46-22-25-51(60-36-46)43-13-8-6-9-14-43)30-42(29-39)33-57(4,5)47-23-26-52(61-37-47)44-15-10-7-11-16-44;/h6-13,15,17,20,22-31,35-37H,19,21,32-33H2,1-5H3;/q-3;+3/i1D3,19D2,21D2,31D;. The summed E-state index contributed by atoms with van der Waals surface area (Å²) in [6, 6.07) is 48.0. The summed E-state index contributed by atoms with van der Waals surface area (Å²) in [7, 11) is 0. The Morgan fingerprint density at radius 2 is 1.29 bits per heavy atom. The van der Waals surface area contributed by atoms with Gasteiger partial charge in [-0.15, -0.1) is 90.0 Å². The Bertz CT molecular complexity index is 3330. The van der Waals surface area contributed by atoms with Gasteiger partial charge in [-0.1, -0.05) is 98.8 Å². The van der Waals surface area contributed by atoms with Crippen LogP contribution in [0.15, 0.2) is 150 Å². The van der Waals surface area contributed by atoms with Crippen molar-refractivity contribution in [2.75, 3.05) is 0 Å². The number of furan rings is 1. The molecule has 9 aromatic rings. The van der Waals surface area contributed by atoms with Crippen molar-refractivity contribution < 1.29 is 35.5 Å². The van der Waals surface area contributed by atoms with E-state index >= 15 is 0 Å². The summed E-state index contributed by atoms with van der Waals surface area (Å²) in [5, 5.41) is 10.7. The van der Waals surface area contributed by atoms with Crippen molar-refractivity contribution in [3.8, 4) is 39.8 Å². The van der Waals surface area contributed by atoms with Crippen molar-refractivity contribution in [3.05, 3.63) is 209 Å². The van der Waals surface area contributed by atoms with E-state index in [1.165, 1.54) is 12.1 Å². The Morgan fingerprint density at radius 1 is 0.667 bits per heavy atom. The Kier molecular flexibility index (Phi) is 9.76. The number of aryl methyl sites for hydroxylation is 3. The van der Waals surface area contributed by atoms with E-state index in [9.17, 15) is 10.7 Å². The number of nitrogens with zero attached hydrogens (tertiary/aromatic N) is 4. The van der Waals surface area contributed by atoms with Gasteiger partial charge in [0.25, 0.3) is 0 Å². The molecule has 4 aromatic heterocycles. The molecule has 310 valence electrons. The van der Waals surface area contributed by atoms with E-state index in [1.54, 1.807) is 30.3 Å². The normalized spacial score (nSPS) is 14.2. The zero-order valence-electron chi connectivity index (χ0n) is 43.2. The molecule has 5 nitrogen and oxygen atoms in total. The Labute approximate surface area is 395 Å². The molecule has 0 fully saturated rings. The number of nitriles is 1. The zero-order chi connectivity index (χ0) is 49.8. The summed E-state index contributed by atoms with van der Waals surface area (Å²) in [4.78, 5) is 14.1. The summed E-state index contributed by atoms with van der Waals surface area (Å²) >= 11 is 0. The molecule has 0 amide bonds. The van der Waals surface area contributed by atoms with Gasteiger partial charge in [-0.3, -0.25) is 0 Å². The predicted molar refractivity (Wildman–Crippen MR) is 250 cm³/mol. The largest absolute Gasteiger partial charge is 3.00 e. The van der Waals surface area contributed by atoms with Gasteiger partial charge in [-0.05, 0) is 106 Å². The van der Waals surface area contributed by atoms with Crippen LogP contribution in [-0.2, 0) is 56.5 Å². The van der Waals surface area contributed by atoms with Gasteiger partial charge in [0, 0.05) is 33.6 Å². The second-order valence-corrected chi connectivity index (χ2v) is 16.9. The summed E-state index contributed by atoms with van der Waals surface area (Å²) in [6.07, 6.45) is -0.0580. The first-order chi connectivity index (χ1) is 33.2. The number of hydrogen-bond acceptors (Lipinski definition) is 5. The maximum Gasteiger partial charge on any atom is 3.00 e. The van der Waals surface area contributed by atoms with Crippen molar-refractivity contribution in [3.63, 3.8) is 0 Å².